The lowest BCUT2D eigenvalue weighted by atomic mass is 10.1. The van der Waals surface area contributed by atoms with Gasteiger partial charge in [0, 0.05) is 18.5 Å². The molecular formula is C20H20ClN3O3S. The SMILES string of the molecule is CN(CCOC(=O)Nc1nc2ccccc2s1)C(=O)CCc1ccccc1Cl. The number of para-hydroxylation sites is 1. The van der Waals surface area contributed by atoms with Crippen molar-refractivity contribution in [2.45, 2.75) is 12.8 Å². The van der Waals surface area contributed by atoms with Crippen LogP contribution in [0.3, 0.4) is 0 Å². The average molecular weight is 418 g/mol. The van der Waals surface area contributed by atoms with Crippen molar-refractivity contribution in [1.82, 2.24) is 9.88 Å². The van der Waals surface area contributed by atoms with E-state index in [1.807, 2.05) is 48.5 Å². The zero-order valence-corrected chi connectivity index (χ0v) is 16.9. The number of nitrogens with one attached hydrogen (secondary N) is 1. The summed E-state index contributed by atoms with van der Waals surface area (Å²) in [5.41, 5.74) is 1.77. The summed E-state index contributed by atoms with van der Waals surface area (Å²) in [6.07, 6.45) is 0.330. The number of thiazole rings is 1. The van der Waals surface area contributed by atoms with E-state index in [0.29, 0.717) is 29.5 Å². The van der Waals surface area contributed by atoms with Gasteiger partial charge in [-0.15, -0.1) is 0 Å². The summed E-state index contributed by atoms with van der Waals surface area (Å²) in [6.45, 7) is 0.416. The molecule has 0 atom stereocenters. The van der Waals surface area contributed by atoms with Gasteiger partial charge < -0.3 is 9.64 Å². The van der Waals surface area contributed by atoms with Gasteiger partial charge in [-0.1, -0.05) is 53.3 Å². The van der Waals surface area contributed by atoms with Crippen LogP contribution in [0.4, 0.5) is 9.93 Å². The van der Waals surface area contributed by atoms with Crippen molar-refractivity contribution >= 4 is 50.3 Å². The molecule has 0 aliphatic carbocycles. The molecular weight excluding hydrogens is 398 g/mol. The second-order valence-electron chi connectivity index (χ2n) is 6.15. The minimum absolute atomic E-state index is 0.0323. The van der Waals surface area contributed by atoms with Crippen LogP contribution >= 0.6 is 22.9 Å². The number of aromatic nitrogens is 1. The van der Waals surface area contributed by atoms with E-state index in [1.165, 1.54) is 11.3 Å². The molecule has 0 fully saturated rings. The molecule has 2 amide bonds. The molecule has 3 aromatic rings. The maximum atomic E-state index is 12.2. The van der Waals surface area contributed by atoms with Crippen molar-refractivity contribution < 1.29 is 14.3 Å². The number of aryl methyl sites for hydroxylation is 1. The van der Waals surface area contributed by atoms with Crippen molar-refractivity contribution in [2.24, 2.45) is 0 Å². The number of carbonyl (C=O) groups excluding carboxylic acids is 2. The number of ether oxygens (including phenoxy) is 1. The number of fused-ring (bicyclic) bond motifs is 1. The quantitative estimate of drug-likeness (QED) is 0.610. The molecule has 2 aromatic carbocycles. The summed E-state index contributed by atoms with van der Waals surface area (Å²) in [7, 11) is 1.68. The van der Waals surface area contributed by atoms with Crippen LogP contribution in [0, 0.1) is 0 Å². The van der Waals surface area contributed by atoms with Crippen LogP contribution in [0.2, 0.25) is 5.02 Å². The maximum Gasteiger partial charge on any atom is 0.413 e. The van der Waals surface area contributed by atoms with Crippen LogP contribution < -0.4 is 5.32 Å². The fourth-order valence-electron chi connectivity index (χ4n) is 2.58. The van der Waals surface area contributed by atoms with Gasteiger partial charge in [0.2, 0.25) is 5.91 Å². The molecule has 1 N–H and O–H groups in total. The third-order valence-corrected chi connectivity index (χ3v) is 5.48. The van der Waals surface area contributed by atoms with Gasteiger partial charge in [0.15, 0.2) is 5.13 Å². The average Bonchev–Trinajstić information content (AvgIpc) is 3.09. The number of rotatable bonds is 7. The van der Waals surface area contributed by atoms with Crippen molar-refractivity contribution in [3.8, 4) is 0 Å². The Bertz CT molecular complexity index is 943. The Labute approximate surface area is 172 Å². The van der Waals surface area contributed by atoms with E-state index in [-0.39, 0.29) is 12.5 Å². The summed E-state index contributed by atoms with van der Waals surface area (Å²) < 4.78 is 6.13. The monoisotopic (exact) mass is 417 g/mol. The number of anilines is 1. The van der Waals surface area contributed by atoms with Crippen molar-refractivity contribution in [3.63, 3.8) is 0 Å². The zero-order chi connectivity index (χ0) is 19.9. The predicted octanol–water partition coefficient (Wildman–Crippen LogP) is 4.59. The highest BCUT2D eigenvalue weighted by atomic mass is 35.5. The van der Waals surface area contributed by atoms with Crippen LogP contribution in [0.25, 0.3) is 10.2 Å². The Hall–Kier alpha value is -2.64. The topological polar surface area (TPSA) is 71.5 Å². The second-order valence-corrected chi connectivity index (χ2v) is 7.59. The molecule has 8 heteroatoms. The van der Waals surface area contributed by atoms with E-state index in [2.05, 4.69) is 10.3 Å². The van der Waals surface area contributed by atoms with Gasteiger partial charge in [-0.3, -0.25) is 10.1 Å². The minimum Gasteiger partial charge on any atom is -0.447 e. The van der Waals surface area contributed by atoms with Crippen molar-refractivity contribution in [1.29, 1.82) is 0 Å². The van der Waals surface area contributed by atoms with Crippen molar-refractivity contribution in [2.75, 3.05) is 25.5 Å². The fourth-order valence-corrected chi connectivity index (χ4v) is 3.66. The van der Waals surface area contributed by atoms with Crippen LogP contribution in [0.15, 0.2) is 48.5 Å². The Morgan fingerprint density at radius 1 is 1.18 bits per heavy atom. The highest BCUT2D eigenvalue weighted by Gasteiger charge is 2.12. The lowest BCUT2D eigenvalue weighted by Gasteiger charge is -2.17. The normalized spacial score (nSPS) is 10.6. The van der Waals surface area contributed by atoms with Gasteiger partial charge in [-0.05, 0) is 30.2 Å². The number of benzene rings is 2. The molecule has 146 valence electrons. The summed E-state index contributed by atoms with van der Waals surface area (Å²) in [6, 6.07) is 15.1. The van der Waals surface area contributed by atoms with Gasteiger partial charge >= 0.3 is 6.09 Å². The van der Waals surface area contributed by atoms with Gasteiger partial charge in [0.05, 0.1) is 16.8 Å². The molecule has 0 unspecified atom stereocenters. The number of halogens is 1. The zero-order valence-electron chi connectivity index (χ0n) is 15.4. The fraction of sp³-hybridized carbons (Fsp3) is 0.250. The van der Waals surface area contributed by atoms with Crippen LogP contribution in [0.5, 0.6) is 0 Å². The molecule has 1 aromatic heterocycles. The Kier molecular flexibility index (Phi) is 6.84. The Morgan fingerprint density at radius 2 is 1.93 bits per heavy atom. The summed E-state index contributed by atoms with van der Waals surface area (Å²) in [5, 5.41) is 3.76. The third-order valence-electron chi connectivity index (χ3n) is 4.15. The smallest absolute Gasteiger partial charge is 0.413 e. The van der Waals surface area contributed by atoms with Gasteiger partial charge in [0.25, 0.3) is 0 Å². The molecule has 0 radical (unpaired) electrons. The number of hydrogen-bond donors (Lipinski definition) is 1. The number of nitrogens with zero attached hydrogens (tertiary/aromatic N) is 2. The Morgan fingerprint density at radius 3 is 2.71 bits per heavy atom. The number of carbonyl (C=O) groups is 2. The first-order valence-electron chi connectivity index (χ1n) is 8.79. The summed E-state index contributed by atoms with van der Waals surface area (Å²) in [4.78, 5) is 30.0. The molecule has 0 bridgehead atoms. The van der Waals surface area contributed by atoms with E-state index in [1.54, 1.807) is 11.9 Å². The first-order chi connectivity index (χ1) is 13.5. The molecule has 0 aliphatic rings. The van der Waals surface area contributed by atoms with Crippen LogP contribution in [-0.4, -0.2) is 42.1 Å². The molecule has 6 nitrogen and oxygen atoms in total. The molecule has 28 heavy (non-hydrogen) atoms. The van der Waals surface area contributed by atoms with E-state index >= 15 is 0 Å². The standard InChI is InChI=1S/C20H20ClN3O3S/c1-24(18(25)11-10-14-6-2-3-7-15(14)21)12-13-27-20(26)23-19-22-16-8-4-5-9-17(16)28-19/h2-9H,10-13H2,1H3,(H,22,23,26). The summed E-state index contributed by atoms with van der Waals surface area (Å²) >= 11 is 7.48. The van der Waals surface area contributed by atoms with E-state index in [0.717, 1.165) is 15.8 Å². The van der Waals surface area contributed by atoms with Gasteiger partial charge in [-0.2, -0.15) is 0 Å². The lowest BCUT2D eigenvalue weighted by Crippen LogP contribution is -2.31. The first kappa shape index (κ1) is 20.1. The van der Waals surface area contributed by atoms with Crippen molar-refractivity contribution in [3.05, 3.63) is 59.1 Å². The lowest BCUT2D eigenvalue weighted by molar-refractivity contribution is -0.130. The summed E-state index contributed by atoms with van der Waals surface area (Å²) in [5.74, 6) is -0.0323. The third kappa shape index (κ3) is 5.43. The Balaban J connectivity index is 1.39. The molecule has 0 saturated heterocycles. The van der Waals surface area contributed by atoms with Crippen LogP contribution in [-0.2, 0) is 16.0 Å². The highest BCUT2D eigenvalue weighted by Crippen LogP contribution is 2.25. The molecule has 3 rings (SSSR count). The minimum atomic E-state index is -0.587. The van der Waals surface area contributed by atoms with Crippen LogP contribution in [0.1, 0.15) is 12.0 Å². The van der Waals surface area contributed by atoms with Gasteiger partial charge in [0.1, 0.15) is 6.61 Å². The predicted molar refractivity (Wildman–Crippen MR) is 112 cm³/mol. The molecule has 0 aliphatic heterocycles. The van der Waals surface area contributed by atoms with E-state index < -0.39 is 6.09 Å². The molecule has 0 spiro atoms. The highest BCUT2D eigenvalue weighted by molar-refractivity contribution is 7.22. The number of amides is 2. The van der Waals surface area contributed by atoms with E-state index in [9.17, 15) is 9.59 Å². The largest absolute Gasteiger partial charge is 0.447 e. The van der Waals surface area contributed by atoms with E-state index in [4.69, 9.17) is 16.3 Å². The first-order valence-corrected chi connectivity index (χ1v) is 9.99. The number of hydrogen-bond acceptors (Lipinski definition) is 5. The van der Waals surface area contributed by atoms with Gasteiger partial charge in [-0.25, -0.2) is 9.78 Å². The maximum absolute atomic E-state index is 12.2. The second kappa shape index (κ2) is 9.52. The molecule has 0 saturated carbocycles. The molecule has 1 heterocycles. The number of likely N-dealkylation sites (N-methyl/N-ethyl adjacent to an activating group) is 1.